The van der Waals surface area contributed by atoms with Crippen molar-refractivity contribution in [1.82, 2.24) is 35.0 Å². The van der Waals surface area contributed by atoms with E-state index in [0.29, 0.717) is 0 Å². The van der Waals surface area contributed by atoms with Gasteiger partial charge in [-0.05, 0) is 11.6 Å². The molecule has 0 aliphatic heterocycles. The Kier molecular flexibility index (Phi) is 3.85. The molecule has 0 saturated carbocycles. The number of carbonyl (C=O) groups is 1. The van der Waals surface area contributed by atoms with E-state index in [1.165, 1.54) is 17.3 Å². The minimum Gasteiger partial charge on any atom is -0.358 e. The molecule has 2 rings (SSSR count). The van der Waals surface area contributed by atoms with Crippen molar-refractivity contribution >= 4 is 23.5 Å². The molecule has 0 aliphatic carbocycles. The van der Waals surface area contributed by atoms with E-state index in [1.54, 1.807) is 19.0 Å². The van der Waals surface area contributed by atoms with Crippen molar-refractivity contribution in [2.75, 3.05) is 25.5 Å². The molecule has 0 saturated heterocycles. The first-order valence-corrected chi connectivity index (χ1v) is 5.66. The van der Waals surface area contributed by atoms with E-state index in [2.05, 4.69) is 30.4 Å². The zero-order chi connectivity index (χ0) is 13.8. The molecule has 0 unspecified atom stereocenters. The first kappa shape index (κ1) is 13.1. The van der Waals surface area contributed by atoms with Crippen LogP contribution in [0, 0.1) is 0 Å². The van der Waals surface area contributed by atoms with Crippen LogP contribution in [0.4, 0.5) is 5.95 Å². The van der Waals surface area contributed by atoms with Crippen LogP contribution in [0.15, 0.2) is 12.7 Å². The lowest BCUT2D eigenvalue weighted by Crippen LogP contribution is -2.34. The fourth-order valence-electron chi connectivity index (χ4n) is 1.28. The van der Waals surface area contributed by atoms with Crippen molar-refractivity contribution in [1.29, 1.82) is 0 Å². The van der Waals surface area contributed by atoms with Crippen molar-refractivity contribution < 1.29 is 4.79 Å². The Balaban J connectivity index is 2.29. The molecule has 1 amide bonds. The average molecular weight is 283 g/mol. The number of hydrogen-bond donors (Lipinski definition) is 1. The van der Waals surface area contributed by atoms with Gasteiger partial charge in [0.25, 0.3) is 5.95 Å². The molecule has 0 aliphatic rings. The summed E-state index contributed by atoms with van der Waals surface area (Å²) in [5, 5.41) is 6.42. The predicted molar refractivity (Wildman–Crippen MR) is 67.1 cm³/mol. The topological polar surface area (TPSA) is 102 Å². The van der Waals surface area contributed by atoms with Crippen molar-refractivity contribution in [2.24, 2.45) is 0 Å². The highest BCUT2D eigenvalue weighted by atomic mass is 35.5. The molecule has 1 N–H and O–H groups in total. The Hall–Kier alpha value is -2.29. The van der Waals surface area contributed by atoms with Gasteiger partial charge in [-0.25, -0.2) is 4.98 Å². The van der Waals surface area contributed by atoms with Crippen LogP contribution < -0.4 is 10.2 Å². The maximum Gasteiger partial charge on any atom is 0.258 e. The third-order valence-electron chi connectivity index (χ3n) is 2.21. The summed E-state index contributed by atoms with van der Waals surface area (Å²) >= 11 is 5.83. The molecule has 0 fully saturated rings. The van der Waals surface area contributed by atoms with Crippen LogP contribution >= 0.6 is 11.6 Å². The van der Waals surface area contributed by atoms with E-state index in [4.69, 9.17) is 11.6 Å². The van der Waals surface area contributed by atoms with Gasteiger partial charge in [0, 0.05) is 14.1 Å². The lowest BCUT2D eigenvalue weighted by Gasteiger charge is -2.16. The summed E-state index contributed by atoms with van der Waals surface area (Å²) in [5.41, 5.74) is 0. The number of halogens is 1. The Labute approximate surface area is 113 Å². The van der Waals surface area contributed by atoms with E-state index in [-0.39, 0.29) is 29.6 Å². The number of rotatable bonds is 4. The van der Waals surface area contributed by atoms with Crippen molar-refractivity contribution in [2.45, 2.75) is 0 Å². The number of nitrogens with one attached hydrogen (secondary N) is 1. The van der Waals surface area contributed by atoms with Crippen molar-refractivity contribution in [3.63, 3.8) is 0 Å². The van der Waals surface area contributed by atoms with E-state index in [0.717, 1.165) is 0 Å². The zero-order valence-corrected chi connectivity index (χ0v) is 11.0. The minimum absolute atomic E-state index is 0.0132. The molecule has 0 atom stereocenters. The predicted octanol–water partition coefficient (Wildman–Crippen LogP) is -0.712. The monoisotopic (exact) mass is 282 g/mol. The standard InChI is InChI=1S/C9H11ClN8O/c1-11-6(19)3-17(2)8-14-7(10)15-9(16-8)18-5-12-4-13-18/h4-5H,3H2,1-2H3,(H,11,19). The number of hydrogen-bond acceptors (Lipinski definition) is 7. The van der Waals surface area contributed by atoms with Gasteiger partial charge in [-0.2, -0.15) is 24.7 Å². The summed E-state index contributed by atoms with van der Waals surface area (Å²) in [6.45, 7) is 0.105. The van der Waals surface area contributed by atoms with E-state index in [1.807, 2.05) is 0 Å². The number of nitrogens with zero attached hydrogens (tertiary/aromatic N) is 7. The number of likely N-dealkylation sites (N-methyl/N-ethyl adjacent to an activating group) is 2. The van der Waals surface area contributed by atoms with Gasteiger partial charge >= 0.3 is 0 Å². The summed E-state index contributed by atoms with van der Waals surface area (Å²) in [5.74, 6) is 0.340. The fraction of sp³-hybridized carbons (Fsp3) is 0.333. The van der Waals surface area contributed by atoms with Gasteiger partial charge in [0.15, 0.2) is 0 Å². The normalized spacial score (nSPS) is 10.3. The highest BCUT2D eigenvalue weighted by Crippen LogP contribution is 2.11. The van der Waals surface area contributed by atoms with E-state index < -0.39 is 0 Å². The van der Waals surface area contributed by atoms with Crippen LogP contribution in [-0.2, 0) is 4.79 Å². The number of carbonyl (C=O) groups excluding carboxylic acids is 1. The maximum atomic E-state index is 11.3. The van der Waals surface area contributed by atoms with Crippen LogP contribution in [0.3, 0.4) is 0 Å². The van der Waals surface area contributed by atoms with Crippen LogP contribution in [0.2, 0.25) is 5.28 Å². The summed E-state index contributed by atoms with van der Waals surface area (Å²) in [7, 11) is 3.23. The Morgan fingerprint density at radius 1 is 1.47 bits per heavy atom. The molecule has 100 valence electrons. The number of aromatic nitrogens is 6. The summed E-state index contributed by atoms with van der Waals surface area (Å²) in [6, 6.07) is 0. The average Bonchev–Trinajstić information content (AvgIpc) is 2.91. The smallest absolute Gasteiger partial charge is 0.258 e. The third-order valence-corrected chi connectivity index (χ3v) is 2.38. The fourth-order valence-corrected chi connectivity index (χ4v) is 1.43. The largest absolute Gasteiger partial charge is 0.358 e. The Morgan fingerprint density at radius 2 is 2.26 bits per heavy atom. The third kappa shape index (κ3) is 3.13. The first-order valence-electron chi connectivity index (χ1n) is 5.28. The Bertz CT molecular complexity index is 572. The summed E-state index contributed by atoms with van der Waals surface area (Å²) in [6.07, 6.45) is 2.79. The van der Waals surface area contributed by atoms with Crippen molar-refractivity contribution in [3.8, 4) is 5.95 Å². The van der Waals surface area contributed by atoms with E-state index >= 15 is 0 Å². The van der Waals surface area contributed by atoms with Gasteiger partial charge < -0.3 is 10.2 Å². The molecule has 0 aromatic carbocycles. The van der Waals surface area contributed by atoms with Gasteiger partial charge in [0.2, 0.25) is 17.1 Å². The number of amides is 1. The van der Waals surface area contributed by atoms with Gasteiger partial charge in [0.1, 0.15) is 12.7 Å². The van der Waals surface area contributed by atoms with E-state index in [9.17, 15) is 4.79 Å². The van der Waals surface area contributed by atoms with Crippen LogP contribution in [0.1, 0.15) is 0 Å². The second kappa shape index (κ2) is 5.57. The van der Waals surface area contributed by atoms with Gasteiger partial charge in [-0.3, -0.25) is 4.79 Å². The molecule has 2 heterocycles. The highest BCUT2D eigenvalue weighted by molar-refractivity contribution is 6.28. The molecule has 2 aromatic heterocycles. The van der Waals surface area contributed by atoms with Crippen molar-refractivity contribution in [3.05, 3.63) is 17.9 Å². The highest BCUT2D eigenvalue weighted by Gasteiger charge is 2.13. The molecular formula is C9H11ClN8O. The summed E-state index contributed by atoms with van der Waals surface area (Å²) < 4.78 is 1.35. The van der Waals surface area contributed by atoms with Gasteiger partial charge in [0.05, 0.1) is 6.54 Å². The molecule has 9 nitrogen and oxygen atoms in total. The van der Waals surface area contributed by atoms with Crippen LogP contribution in [-0.4, -0.2) is 56.3 Å². The van der Waals surface area contributed by atoms with Crippen LogP contribution in [0.5, 0.6) is 0 Å². The molecule has 0 spiro atoms. The molecule has 0 bridgehead atoms. The van der Waals surface area contributed by atoms with Gasteiger partial charge in [-0.1, -0.05) is 0 Å². The molecule has 2 aromatic rings. The molecule has 19 heavy (non-hydrogen) atoms. The van der Waals surface area contributed by atoms with Gasteiger partial charge in [-0.15, -0.1) is 0 Å². The lowest BCUT2D eigenvalue weighted by molar-refractivity contribution is -0.119. The second-order valence-corrected chi connectivity index (χ2v) is 3.91. The molecular weight excluding hydrogens is 272 g/mol. The minimum atomic E-state index is -0.165. The zero-order valence-electron chi connectivity index (χ0n) is 10.3. The summed E-state index contributed by atoms with van der Waals surface area (Å²) in [4.78, 5) is 28.7. The quantitative estimate of drug-likeness (QED) is 0.790. The molecule has 0 radical (unpaired) electrons. The lowest BCUT2D eigenvalue weighted by atomic mass is 10.5. The first-order chi connectivity index (χ1) is 9.10. The second-order valence-electron chi connectivity index (χ2n) is 3.57. The van der Waals surface area contributed by atoms with Crippen LogP contribution in [0.25, 0.3) is 5.95 Å². The molecule has 10 heteroatoms. The SMILES string of the molecule is CNC(=O)CN(C)c1nc(Cl)nc(-n2cncn2)n1. The maximum absolute atomic E-state index is 11.3. The Morgan fingerprint density at radius 3 is 2.89 bits per heavy atom. The number of anilines is 1.